The summed E-state index contributed by atoms with van der Waals surface area (Å²) in [6.45, 7) is 1.03. The Bertz CT molecular complexity index is 1480. The summed E-state index contributed by atoms with van der Waals surface area (Å²) >= 11 is 3.29. The first-order valence-corrected chi connectivity index (χ1v) is 14.5. The number of hydrogen-bond acceptors (Lipinski definition) is 7. The number of fused-ring (bicyclic) bond motifs is 1. The summed E-state index contributed by atoms with van der Waals surface area (Å²) in [6, 6.07) is 16.8. The van der Waals surface area contributed by atoms with Gasteiger partial charge >= 0.3 is 0 Å². The fraction of sp³-hybridized carbons (Fsp3) is 0.174. The van der Waals surface area contributed by atoms with Gasteiger partial charge in [0.25, 0.3) is 10.0 Å². The molecule has 0 radical (unpaired) electrons. The molecule has 4 rings (SSSR count). The molecule has 0 aromatic heterocycles. The van der Waals surface area contributed by atoms with Gasteiger partial charge in [-0.15, -0.1) is 0 Å². The molecule has 3 aromatic carbocycles. The summed E-state index contributed by atoms with van der Waals surface area (Å²) in [4.78, 5) is 12.7. The molecular weight excluding hydrogens is 574 g/mol. The molecule has 0 saturated heterocycles. The highest BCUT2D eigenvalue weighted by Crippen LogP contribution is 2.36. The van der Waals surface area contributed by atoms with Crippen LogP contribution in [0.5, 0.6) is 11.5 Å². The number of anilines is 3. The summed E-state index contributed by atoms with van der Waals surface area (Å²) in [5, 5.41) is 2.60. The first-order valence-electron chi connectivity index (χ1n) is 10.7. The minimum atomic E-state index is -3.84. The molecule has 1 heterocycles. The summed E-state index contributed by atoms with van der Waals surface area (Å²) in [7, 11) is -7.63. The third kappa shape index (κ3) is 5.91. The van der Waals surface area contributed by atoms with Crippen molar-refractivity contribution in [2.45, 2.75) is 11.8 Å². The van der Waals surface area contributed by atoms with Crippen LogP contribution in [-0.4, -0.2) is 41.8 Å². The molecule has 10 nitrogen and oxygen atoms in total. The first kappa shape index (κ1) is 25.8. The van der Waals surface area contributed by atoms with Crippen LogP contribution in [0.3, 0.4) is 0 Å². The third-order valence-electron chi connectivity index (χ3n) is 5.18. The summed E-state index contributed by atoms with van der Waals surface area (Å²) in [5.41, 5.74) is 0.968. The number of carbonyl (C=O) groups is 1. The first-order chi connectivity index (χ1) is 17.1. The van der Waals surface area contributed by atoms with Crippen LogP contribution in [0.15, 0.2) is 76.1 Å². The zero-order valence-corrected chi connectivity index (χ0v) is 22.2. The molecule has 13 heteroatoms. The standard InChI is InChI=1S/C23H22BrN3O7S2/c1-2-35(29,30)27(19-9-12-21-22(13-19)34-15-33-21)14-23(28)25-17-7-10-20(11-8-17)36(31,32)26-18-5-3-16(24)4-6-18/h3-13,26H,2,14-15H2,1H3,(H,25,28). The largest absolute Gasteiger partial charge is 0.454 e. The van der Waals surface area contributed by atoms with Gasteiger partial charge in [0.05, 0.1) is 16.3 Å². The SMILES string of the molecule is CCS(=O)(=O)N(CC(=O)Nc1ccc(S(=O)(=O)Nc2ccc(Br)cc2)cc1)c1ccc2c(c1)OCO2. The van der Waals surface area contributed by atoms with Crippen molar-refractivity contribution >= 4 is 58.9 Å². The number of carbonyl (C=O) groups excluding carboxylic acids is 1. The van der Waals surface area contributed by atoms with E-state index in [2.05, 4.69) is 26.0 Å². The monoisotopic (exact) mass is 595 g/mol. The molecule has 0 fully saturated rings. The van der Waals surface area contributed by atoms with Crippen molar-refractivity contribution in [1.29, 1.82) is 0 Å². The van der Waals surface area contributed by atoms with Gasteiger partial charge in [0.1, 0.15) is 6.54 Å². The van der Waals surface area contributed by atoms with E-state index in [-0.39, 0.29) is 23.1 Å². The van der Waals surface area contributed by atoms with Gasteiger partial charge in [-0.2, -0.15) is 0 Å². The molecule has 36 heavy (non-hydrogen) atoms. The van der Waals surface area contributed by atoms with Crippen LogP contribution in [0.4, 0.5) is 17.1 Å². The highest BCUT2D eigenvalue weighted by molar-refractivity contribution is 9.10. The number of sulfonamides is 2. The molecule has 1 aliphatic rings. The van der Waals surface area contributed by atoms with E-state index in [1.807, 2.05) is 0 Å². The molecule has 0 aliphatic carbocycles. The number of benzene rings is 3. The van der Waals surface area contributed by atoms with E-state index < -0.39 is 32.5 Å². The van der Waals surface area contributed by atoms with Gasteiger partial charge < -0.3 is 14.8 Å². The zero-order chi connectivity index (χ0) is 25.9. The molecule has 0 unspecified atom stereocenters. The van der Waals surface area contributed by atoms with Gasteiger partial charge in [-0.3, -0.25) is 13.8 Å². The number of ether oxygens (including phenoxy) is 2. The molecule has 0 spiro atoms. The molecule has 3 aromatic rings. The lowest BCUT2D eigenvalue weighted by Gasteiger charge is -2.23. The average Bonchev–Trinajstić information content (AvgIpc) is 3.32. The van der Waals surface area contributed by atoms with E-state index in [1.165, 1.54) is 43.3 Å². The van der Waals surface area contributed by atoms with Gasteiger partial charge in [-0.05, 0) is 67.6 Å². The normalized spacial score (nSPS) is 12.7. The second-order valence-corrected chi connectivity index (χ2v) is 12.4. The Balaban J connectivity index is 1.46. The zero-order valence-electron chi connectivity index (χ0n) is 19.0. The predicted octanol–water partition coefficient (Wildman–Crippen LogP) is 3.77. The highest BCUT2D eigenvalue weighted by atomic mass is 79.9. The van der Waals surface area contributed by atoms with Crippen LogP contribution < -0.4 is 23.8 Å². The van der Waals surface area contributed by atoms with Crippen molar-refractivity contribution in [2.24, 2.45) is 0 Å². The molecule has 190 valence electrons. The third-order valence-corrected chi connectivity index (χ3v) is 8.84. The van der Waals surface area contributed by atoms with Gasteiger partial charge in [-0.25, -0.2) is 16.8 Å². The number of rotatable bonds is 9. The fourth-order valence-electron chi connectivity index (χ4n) is 3.33. The Labute approximate surface area is 217 Å². The van der Waals surface area contributed by atoms with Crippen LogP contribution in [0.25, 0.3) is 0 Å². The lowest BCUT2D eigenvalue weighted by Crippen LogP contribution is -2.39. The predicted molar refractivity (Wildman–Crippen MR) is 139 cm³/mol. The Morgan fingerprint density at radius 3 is 2.22 bits per heavy atom. The Morgan fingerprint density at radius 1 is 0.917 bits per heavy atom. The second-order valence-electron chi connectivity index (χ2n) is 7.63. The van der Waals surface area contributed by atoms with Crippen molar-refractivity contribution in [3.8, 4) is 11.5 Å². The lowest BCUT2D eigenvalue weighted by molar-refractivity contribution is -0.114. The van der Waals surface area contributed by atoms with Crippen molar-refractivity contribution in [2.75, 3.05) is 33.4 Å². The van der Waals surface area contributed by atoms with Crippen molar-refractivity contribution in [1.82, 2.24) is 0 Å². The Morgan fingerprint density at radius 2 is 1.56 bits per heavy atom. The van der Waals surface area contributed by atoms with Crippen LogP contribution in [0, 0.1) is 0 Å². The number of nitrogens with one attached hydrogen (secondary N) is 2. The van der Waals surface area contributed by atoms with Gasteiger partial charge in [0.15, 0.2) is 11.5 Å². The van der Waals surface area contributed by atoms with E-state index in [1.54, 1.807) is 30.3 Å². The summed E-state index contributed by atoms with van der Waals surface area (Å²) < 4.78 is 65.6. The van der Waals surface area contributed by atoms with E-state index >= 15 is 0 Å². The molecule has 0 bridgehead atoms. The maximum Gasteiger partial charge on any atom is 0.261 e. The van der Waals surface area contributed by atoms with E-state index in [4.69, 9.17) is 9.47 Å². The number of halogens is 1. The van der Waals surface area contributed by atoms with Crippen LogP contribution in [0.1, 0.15) is 6.92 Å². The molecule has 1 aliphatic heterocycles. The van der Waals surface area contributed by atoms with E-state index in [0.29, 0.717) is 22.9 Å². The number of amides is 1. The molecule has 2 N–H and O–H groups in total. The van der Waals surface area contributed by atoms with Gasteiger partial charge in [-0.1, -0.05) is 15.9 Å². The molecule has 0 atom stereocenters. The summed E-state index contributed by atoms with van der Waals surface area (Å²) in [6.07, 6.45) is 0. The lowest BCUT2D eigenvalue weighted by atomic mass is 10.2. The topological polar surface area (TPSA) is 131 Å². The highest BCUT2D eigenvalue weighted by Gasteiger charge is 2.26. The number of nitrogens with zero attached hydrogens (tertiary/aromatic N) is 1. The molecular formula is C23H22BrN3O7S2. The second kappa shape index (κ2) is 10.4. The molecule has 0 saturated carbocycles. The quantitative estimate of drug-likeness (QED) is 0.385. The van der Waals surface area contributed by atoms with Crippen LogP contribution >= 0.6 is 15.9 Å². The van der Waals surface area contributed by atoms with E-state index in [0.717, 1.165) is 8.78 Å². The Hall–Kier alpha value is -3.29. The van der Waals surface area contributed by atoms with Crippen molar-refractivity contribution in [3.05, 3.63) is 71.2 Å². The fourth-order valence-corrected chi connectivity index (χ4v) is 5.71. The van der Waals surface area contributed by atoms with Gasteiger partial charge in [0.2, 0.25) is 22.7 Å². The minimum absolute atomic E-state index is 0.000958. The van der Waals surface area contributed by atoms with E-state index in [9.17, 15) is 21.6 Å². The number of hydrogen-bond donors (Lipinski definition) is 2. The average molecular weight is 596 g/mol. The van der Waals surface area contributed by atoms with Crippen LogP contribution in [-0.2, 0) is 24.8 Å². The summed E-state index contributed by atoms with van der Waals surface area (Å²) in [5.74, 6) is 0.0554. The maximum absolute atomic E-state index is 12.7. The van der Waals surface area contributed by atoms with Crippen LogP contribution in [0.2, 0.25) is 0 Å². The van der Waals surface area contributed by atoms with Crippen molar-refractivity contribution in [3.63, 3.8) is 0 Å². The minimum Gasteiger partial charge on any atom is -0.454 e. The molecule has 1 amide bonds. The maximum atomic E-state index is 12.7. The Kier molecular flexibility index (Phi) is 7.43. The van der Waals surface area contributed by atoms with Crippen molar-refractivity contribution < 1.29 is 31.1 Å². The van der Waals surface area contributed by atoms with Gasteiger partial charge in [0, 0.05) is 21.9 Å². The smallest absolute Gasteiger partial charge is 0.261 e.